The Bertz CT molecular complexity index is 1080. The van der Waals surface area contributed by atoms with Gasteiger partial charge in [-0.1, -0.05) is 12.1 Å². The highest BCUT2D eigenvalue weighted by molar-refractivity contribution is 7.92. The molecule has 1 aromatic carbocycles. The summed E-state index contributed by atoms with van der Waals surface area (Å²) in [5.41, 5.74) is 1.60. The Morgan fingerprint density at radius 2 is 1.97 bits per heavy atom. The van der Waals surface area contributed by atoms with Gasteiger partial charge in [-0.15, -0.1) is 16.7 Å². The molecular weight excluding hydrogens is 422 g/mol. The molecule has 2 atom stereocenters. The second kappa shape index (κ2) is 7.39. The van der Waals surface area contributed by atoms with Crippen molar-refractivity contribution in [3.8, 4) is 5.75 Å². The maximum atomic E-state index is 12.6. The van der Waals surface area contributed by atoms with Crippen molar-refractivity contribution in [3.63, 3.8) is 0 Å². The van der Waals surface area contributed by atoms with E-state index in [0.717, 1.165) is 11.3 Å². The predicted molar refractivity (Wildman–Crippen MR) is 103 cm³/mol. The lowest BCUT2D eigenvalue weighted by atomic mass is 10.1. The van der Waals surface area contributed by atoms with Crippen LogP contribution in [0.4, 0.5) is 0 Å². The molecule has 0 saturated carbocycles. The molecule has 0 N–H and O–H groups in total. The fourth-order valence-corrected chi connectivity index (χ4v) is 5.92. The second-order valence-corrected chi connectivity index (χ2v) is 9.02. The number of methoxy groups -OCH3 is 2. The van der Waals surface area contributed by atoms with E-state index in [1.165, 1.54) is 16.7 Å². The largest absolute Gasteiger partial charge is 0.497 e. The molecule has 0 bridgehead atoms. The number of carbonyl (C=O) groups is 1. The summed E-state index contributed by atoms with van der Waals surface area (Å²) in [6, 6.07) is 7.36. The van der Waals surface area contributed by atoms with Crippen LogP contribution in [-0.4, -0.2) is 76.8 Å². The molecule has 10 nitrogen and oxygen atoms in total. The quantitative estimate of drug-likeness (QED) is 0.465. The number of carbonyl (C=O) groups excluding carboxylic acids is 1. The summed E-state index contributed by atoms with van der Waals surface area (Å²) in [6.07, 6.45) is -1.04. The highest BCUT2D eigenvalue weighted by Crippen LogP contribution is 2.41. The van der Waals surface area contributed by atoms with E-state index in [1.807, 2.05) is 24.3 Å². The van der Waals surface area contributed by atoms with Gasteiger partial charge in [0.1, 0.15) is 5.75 Å². The number of halogens is 1. The number of hydrogen-bond acceptors (Lipinski definition) is 8. The minimum atomic E-state index is -3.64. The zero-order valence-corrected chi connectivity index (χ0v) is 17.2. The summed E-state index contributed by atoms with van der Waals surface area (Å²) in [6.45, 7) is 0.318. The van der Waals surface area contributed by atoms with E-state index in [9.17, 15) is 13.2 Å². The third kappa shape index (κ3) is 3.18. The number of benzene rings is 1. The van der Waals surface area contributed by atoms with Crippen molar-refractivity contribution in [2.45, 2.75) is 18.0 Å². The molecule has 3 heterocycles. The number of aromatic nitrogens is 4. The number of β-lactam (4-membered cyclic amide) rings is 1. The summed E-state index contributed by atoms with van der Waals surface area (Å²) in [7, 11) is -0.745. The first-order chi connectivity index (χ1) is 13.9. The molecule has 0 unspecified atom stereocenters. The number of alkyl halides is 1. The molecule has 0 aliphatic carbocycles. The minimum Gasteiger partial charge on any atom is -0.497 e. The third-order valence-electron chi connectivity index (χ3n) is 4.96. The second-order valence-electron chi connectivity index (χ2n) is 6.66. The Hall–Kier alpha value is -2.50. The van der Waals surface area contributed by atoms with Gasteiger partial charge in [-0.05, 0) is 33.7 Å². The van der Waals surface area contributed by atoms with Gasteiger partial charge in [0.15, 0.2) is 27.1 Å². The van der Waals surface area contributed by atoms with Gasteiger partial charge in [0.05, 0.1) is 25.1 Å². The first kappa shape index (κ1) is 19.8. The van der Waals surface area contributed by atoms with Crippen LogP contribution in [0, 0.1) is 0 Å². The van der Waals surface area contributed by atoms with E-state index in [4.69, 9.17) is 21.1 Å². The molecule has 1 aromatic heterocycles. The molecule has 1 saturated heterocycles. The van der Waals surface area contributed by atoms with Crippen molar-refractivity contribution in [3.05, 3.63) is 41.2 Å². The SMILES string of the molecule is COc1ccc(Cn2nnnc2C2=C(CCl)CS(=O)(=O)[C@H]3[C@@H](OC)C(=O)N23)cc1. The van der Waals surface area contributed by atoms with Crippen LogP contribution in [0.3, 0.4) is 0 Å². The standard InChI is InChI=1S/C17H18ClN5O5S/c1-27-12-5-3-10(4-6-12)8-22-15(19-20-21-22)13-11(7-18)9-29(25,26)17-14(28-2)16(24)23(13)17/h3-6,14,17H,7-9H2,1-2H3/t14-,17-/m0/s1. The van der Waals surface area contributed by atoms with Crippen LogP contribution in [0.15, 0.2) is 29.8 Å². The lowest BCUT2D eigenvalue weighted by molar-refractivity contribution is -0.156. The van der Waals surface area contributed by atoms with E-state index in [1.54, 1.807) is 7.11 Å². The van der Waals surface area contributed by atoms with Crippen LogP contribution in [-0.2, 0) is 25.9 Å². The van der Waals surface area contributed by atoms with Crippen LogP contribution in [0.2, 0.25) is 0 Å². The van der Waals surface area contributed by atoms with Gasteiger partial charge in [0, 0.05) is 13.0 Å². The number of hydrogen-bond donors (Lipinski definition) is 0. The number of amides is 1. The molecule has 29 heavy (non-hydrogen) atoms. The van der Waals surface area contributed by atoms with E-state index < -0.39 is 27.2 Å². The van der Waals surface area contributed by atoms with Crippen LogP contribution in [0.1, 0.15) is 11.4 Å². The zero-order chi connectivity index (χ0) is 20.8. The molecule has 2 aliphatic heterocycles. The molecule has 154 valence electrons. The highest BCUT2D eigenvalue weighted by Gasteiger charge is 2.60. The van der Waals surface area contributed by atoms with Gasteiger partial charge in [-0.25, -0.2) is 13.1 Å². The van der Waals surface area contributed by atoms with Crippen LogP contribution in [0.25, 0.3) is 5.70 Å². The van der Waals surface area contributed by atoms with Crippen molar-refractivity contribution in [1.29, 1.82) is 0 Å². The summed E-state index contributed by atoms with van der Waals surface area (Å²) >= 11 is 6.04. The molecule has 0 radical (unpaired) electrons. The molecule has 12 heteroatoms. The smallest absolute Gasteiger partial charge is 0.260 e. The number of sulfone groups is 1. The van der Waals surface area contributed by atoms with Gasteiger partial charge >= 0.3 is 0 Å². The monoisotopic (exact) mass is 439 g/mol. The maximum Gasteiger partial charge on any atom is 0.260 e. The van der Waals surface area contributed by atoms with Crippen molar-refractivity contribution in [2.75, 3.05) is 25.9 Å². The number of nitrogens with zero attached hydrogens (tertiary/aromatic N) is 5. The summed E-state index contributed by atoms with van der Waals surface area (Å²) in [5.74, 6) is 0.180. The van der Waals surface area contributed by atoms with E-state index in [0.29, 0.717) is 17.8 Å². The number of tetrazole rings is 1. The van der Waals surface area contributed by atoms with E-state index >= 15 is 0 Å². The van der Waals surface area contributed by atoms with Gasteiger partial charge in [-0.2, -0.15) is 0 Å². The maximum absolute atomic E-state index is 12.6. The average Bonchev–Trinajstić information content (AvgIpc) is 3.16. The lowest BCUT2D eigenvalue weighted by Gasteiger charge is -2.48. The zero-order valence-electron chi connectivity index (χ0n) is 15.6. The van der Waals surface area contributed by atoms with E-state index in [-0.39, 0.29) is 17.5 Å². The Balaban J connectivity index is 1.74. The molecule has 1 fully saturated rings. The van der Waals surface area contributed by atoms with Gasteiger partial charge in [0.2, 0.25) is 0 Å². The molecule has 0 spiro atoms. The van der Waals surface area contributed by atoms with Crippen LogP contribution >= 0.6 is 11.6 Å². The van der Waals surface area contributed by atoms with Crippen molar-refractivity contribution < 1.29 is 22.7 Å². The van der Waals surface area contributed by atoms with Crippen molar-refractivity contribution in [2.24, 2.45) is 0 Å². The fourth-order valence-electron chi connectivity index (χ4n) is 3.56. The summed E-state index contributed by atoms with van der Waals surface area (Å²) < 4.78 is 37.0. The fraction of sp³-hybridized carbons (Fsp3) is 0.412. The molecule has 2 aromatic rings. The Morgan fingerprint density at radius 3 is 2.59 bits per heavy atom. The van der Waals surface area contributed by atoms with E-state index in [2.05, 4.69) is 15.5 Å². The molecule has 4 rings (SSSR count). The average molecular weight is 440 g/mol. The molecule has 1 amide bonds. The number of rotatable bonds is 6. The molecule has 2 aliphatic rings. The minimum absolute atomic E-state index is 0.0713. The molecular formula is C17H18ClN5O5S. The third-order valence-corrected chi connectivity index (χ3v) is 7.23. The lowest BCUT2D eigenvalue weighted by Crippen LogP contribution is -2.69. The van der Waals surface area contributed by atoms with Gasteiger partial charge in [-0.3, -0.25) is 9.69 Å². The van der Waals surface area contributed by atoms with Crippen molar-refractivity contribution in [1.82, 2.24) is 25.1 Å². The van der Waals surface area contributed by atoms with Gasteiger partial charge < -0.3 is 9.47 Å². The first-order valence-corrected chi connectivity index (χ1v) is 10.9. The van der Waals surface area contributed by atoms with Crippen LogP contribution < -0.4 is 4.74 Å². The normalized spacial score (nSPS) is 23.0. The number of fused-ring (bicyclic) bond motifs is 1. The summed E-state index contributed by atoms with van der Waals surface area (Å²) in [4.78, 5) is 13.8. The topological polar surface area (TPSA) is 117 Å². The highest BCUT2D eigenvalue weighted by atomic mass is 35.5. The van der Waals surface area contributed by atoms with Crippen molar-refractivity contribution >= 4 is 33.0 Å². The Kier molecular flexibility index (Phi) is 5.05. The Morgan fingerprint density at radius 1 is 1.24 bits per heavy atom. The van der Waals surface area contributed by atoms with Crippen LogP contribution in [0.5, 0.6) is 5.75 Å². The first-order valence-electron chi connectivity index (χ1n) is 8.66. The predicted octanol–water partition coefficient (Wildman–Crippen LogP) is 0.292. The summed E-state index contributed by atoms with van der Waals surface area (Å²) in [5, 5.41) is 10.7. The van der Waals surface area contributed by atoms with Gasteiger partial charge in [0.25, 0.3) is 5.91 Å². The number of ether oxygens (including phenoxy) is 2. The Labute approximate surface area is 171 Å².